The van der Waals surface area contributed by atoms with Crippen LogP contribution >= 0.6 is 0 Å². The highest BCUT2D eigenvalue weighted by Gasteiger charge is 2.03. The number of rotatable bonds is 4. The first-order valence-corrected chi connectivity index (χ1v) is 3.15. The van der Waals surface area contributed by atoms with Crippen LogP contribution in [0.15, 0.2) is 12.2 Å². The van der Waals surface area contributed by atoms with Gasteiger partial charge in [-0.25, -0.2) is 0 Å². The number of aliphatic hydroxyl groups is 1. The van der Waals surface area contributed by atoms with E-state index >= 15 is 0 Å². The van der Waals surface area contributed by atoms with E-state index in [2.05, 4.69) is 6.58 Å². The number of carboxylic acid groups (broad SMARTS) is 1. The summed E-state index contributed by atoms with van der Waals surface area (Å²) in [4.78, 5) is 10.0. The van der Waals surface area contributed by atoms with Crippen molar-refractivity contribution in [3.8, 4) is 0 Å². The fourth-order valence-electron chi connectivity index (χ4n) is 0.512. The van der Waals surface area contributed by atoms with Crippen LogP contribution in [0.1, 0.15) is 19.8 Å². The van der Waals surface area contributed by atoms with E-state index in [0.29, 0.717) is 6.42 Å². The Kier molecular flexibility index (Phi) is 3.72. The number of carbonyl (C=O) groups excluding carboxylic acids is 1. The molecule has 0 heterocycles. The zero-order chi connectivity index (χ0) is 8.15. The van der Waals surface area contributed by atoms with E-state index in [4.69, 9.17) is 5.11 Å². The van der Waals surface area contributed by atoms with Gasteiger partial charge in [0.25, 0.3) is 0 Å². The normalized spacial score (nSPS) is 12.6. The Morgan fingerprint density at radius 2 is 2.30 bits per heavy atom. The van der Waals surface area contributed by atoms with Gasteiger partial charge < -0.3 is 15.0 Å². The molecule has 0 bridgehead atoms. The van der Waals surface area contributed by atoms with Crippen molar-refractivity contribution in [2.24, 2.45) is 0 Å². The van der Waals surface area contributed by atoms with Crippen LogP contribution in [0, 0.1) is 0 Å². The molecule has 0 aromatic heterocycles. The van der Waals surface area contributed by atoms with Crippen molar-refractivity contribution < 1.29 is 15.0 Å². The lowest BCUT2D eigenvalue weighted by Crippen LogP contribution is -2.25. The molecule has 0 aliphatic rings. The highest BCUT2D eigenvalue weighted by atomic mass is 16.4. The summed E-state index contributed by atoms with van der Waals surface area (Å²) in [5, 5.41) is 19.0. The van der Waals surface area contributed by atoms with Crippen LogP contribution in [0.2, 0.25) is 0 Å². The van der Waals surface area contributed by atoms with Crippen LogP contribution < -0.4 is 5.11 Å². The van der Waals surface area contributed by atoms with Crippen molar-refractivity contribution in [1.82, 2.24) is 0 Å². The molecule has 0 radical (unpaired) electrons. The van der Waals surface area contributed by atoms with E-state index in [-0.39, 0.29) is 12.0 Å². The summed E-state index contributed by atoms with van der Waals surface area (Å²) in [6.07, 6.45) is 0.0240. The molecule has 1 atom stereocenters. The maximum absolute atomic E-state index is 10.0. The smallest absolute Gasteiger partial charge is 0.0669 e. The third-order valence-corrected chi connectivity index (χ3v) is 1.24. The van der Waals surface area contributed by atoms with Gasteiger partial charge in [-0.15, -0.1) is 0 Å². The number of hydrogen-bond acceptors (Lipinski definition) is 3. The predicted molar refractivity (Wildman–Crippen MR) is 35.1 cm³/mol. The Bertz CT molecular complexity index is 140. The van der Waals surface area contributed by atoms with E-state index in [1.54, 1.807) is 6.92 Å². The van der Waals surface area contributed by atoms with Gasteiger partial charge in [0.05, 0.1) is 12.1 Å². The van der Waals surface area contributed by atoms with Crippen LogP contribution in [0.3, 0.4) is 0 Å². The zero-order valence-electron chi connectivity index (χ0n) is 5.96. The molecule has 0 aromatic carbocycles. The third-order valence-electron chi connectivity index (χ3n) is 1.24. The van der Waals surface area contributed by atoms with Crippen LogP contribution in [0.5, 0.6) is 0 Å². The molecule has 0 spiro atoms. The molecular formula is C7H11O3-. The Labute approximate surface area is 60.0 Å². The predicted octanol–water partition coefficient (Wildman–Crippen LogP) is -0.547. The summed E-state index contributed by atoms with van der Waals surface area (Å²) in [6.45, 7) is 4.99. The van der Waals surface area contributed by atoms with Gasteiger partial charge in [-0.05, 0) is 18.4 Å². The van der Waals surface area contributed by atoms with Crippen LogP contribution in [-0.4, -0.2) is 17.2 Å². The molecule has 58 valence electrons. The van der Waals surface area contributed by atoms with Crippen molar-refractivity contribution >= 4 is 5.97 Å². The van der Waals surface area contributed by atoms with Gasteiger partial charge in [-0.1, -0.05) is 13.5 Å². The summed E-state index contributed by atoms with van der Waals surface area (Å²) >= 11 is 0. The van der Waals surface area contributed by atoms with Gasteiger partial charge in [0.15, 0.2) is 0 Å². The molecule has 1 unspecified atom stereocenters. The molecule has 0 aliphatic heterocycles. The largest absolute Gasteiger partial charge is 0.545 e. The number of aliphatic carboxylic acids is 1. The molecule has 0 rings (SSSR count). The molecule has 0 fully saturated rings. The summed E-state index contributed by atoms with van der Waals surface area (Å²) in [5.41, 5.74) is -0.0469. The van der Waals surface area contributed by atoms with Crippen molar-refractivity contribution in [3.63, 3.8) is 0 Å². The molecule has 1 N–H and O–H groups in total. The molecule has 0 saturated carbocycles. The second-order valence-electron chi connectivity index (χ2n) is 2.16. The van der Waals surface area contributed by atoms with E-state index in [1.807, 2.05) is 0 Å². The summed E-state index contributed by atoms with van der Waals surface area (Å²) in [7, 11) is 0. The lowest BCUT2D eigenvalue weighted by atomic mass is 10.1. The highest BCUT2D eigenvalue weighted by molar-refractivity contribution is 5.83. The van der Waals surface area contributed by atoms with Gasteiger partial charge in [-0.3, -0.25) is 0 Å². The fraction of sp³-hybridized carbons (Fsp3) is 0.571. The quantitative estimate of drug-likeness (QED) is 0.537. The minimum absolute atomic E-state index is 0.0469. The SMILES string of the molecule is C=C(CC(O)CC)C(=O)[O-]. The zero-order valence-corrected chi connectivity index (χ0v) is 5.96. The average molecular weight is 143 g/mol. The number of carbonyl (C=O) groups is 1. The molecule has 10 heavy (non-hydrogen) atoms. The number of hydrogen-bond donors (Lipinski definition) is 1. The van der Waals surface area contributed by atoms with Crippen LogP contribution in [0.4, 0.5) is 0 Å². The lowest BCUT2D eigenvalue weighted by Gasteiger charge is -2.09. The molecule has 0 amide bonds. The topological polar surface area (TPSA) is 60.4 Å². The van der Waals surface area contributed by atoms with Gasteiger partial charge in [0, 0.05) is 0 Å². The molecule has 0 aromatic rings. The van der Waals surface area contributed by atoms with E-state index in [0.717, 1.165) is 0 Å². The van der Waals surface area contributed by atoms with Crippen molar-refractivity contribution in [1.29, 1.82) is 0 Å². The molecule has 3 nitrogen and oxygen atoms in total. The second kappa shape index (κ2) is 4.06. The van der Waals surface area contributed by atoms with Crippen molar-refractivity contribution in [3.05, 3.63) is 12.2 Å². The van der Waals surface area contributed by atoms with Gasteiger partial charge in [-0.2, -0.15) is 0 Å². The fourth-order valence-corrected chi connectivity index (χ4v) is 0.512. The van der Waals surface area contributed by atoms with E-state index in [1.165, 1.54) is 0 Å². The average Bonchev–Trinajstić information content (AvgIpc) is 1.87. The monoisotopic (exact) mass is 143 g/mol. The maximum atomic E-state index is 10.0. The summed E-state index contributed by atoms with van der Waals surface area (Å²) in [6, 6.07) is 0. The standard InChI is InChI=1S/C7H12O3/c1-3-6(8)4-5(2)7(9)10/h6,8H,2-4H2,1H3,(H,9,10)/p-1. The minimum atomic E-state index is -1.28. The van der Waals surface area contributed by atoms with E-state index in [9.17, 15) is 9.90 Å². The number of aliphatic hydroxyl groups excluding tert-OH is 1. The van der Waals surface area contributed by atoms with Crippen molar-refractivity contribution in [2.45, 2.75) is 25.9 Å². The summed E-state index contributed by atoms with van der Waals surface area (Å²) < 4.78 is 0. The molecular weight excluding hydrogens is 132 g/mol. The first-order valence-electron chi connectivity index (χ1n) is 3.15. The van der Waals surface area contributed by atoms with Crippen LogP contribution in [0.25, 0.3) is 0 Å². The van der Waals surface area contributed by atoms with Gasteiger partial charge in [0.1, 0.15) is 0 Å². The minimum Gasteiger partial charge on any atom is -0.545 e. The Morgan fingerprint density at radius 1 is 1.80 bits per heavy atom. The first kappa shape index (κ1) is 9.17. The van der Waals surface area contributed by atoms with Gasteiger partial charge >= 0.3 is 0 Å². The Balaban J connectivity index is 3.68. The second-order valence-corrected chi connectivity index (χ2v) is 2.16. The summed E-state index contributed by atoms with van der Waals surface area (Å²) in [5.74, 6) is -1.28. The lowest BCUT2D eigenvalue weighted by molar-refractivity contribution is -0.299. The molecule has 0 saturated heterocycles. The first-order chi connectivity index (χ1) is 4.57. The number of carboxylic acids is 1. The maximum Gasteiger partial charge on any atom is 0.0669 e. The van der Waals surface area contributed by atoms with Crippen molar-refractivity contribution in [2.75, 3.05) is 0 Å². The van der Waals surface area contributed by atoms with E-state index < -0.39 is 12.1 Å². The Hall–Kier alpha value is -0.830. The molecule has 0 aliphatic carbocycles. The highest BCUT2D eigenvalue weighted by Crippen LogP contribution is 2.04. The van der Waals surface area contributed by atoms with Gasteiger partial charge in [0.2, 0.25) is 0 Å². The Morgan fingerprint density at radius 3 is 2.60 bits per heavy atom. The van der Waals surface area contributed by atoms with Crippen LogP contribution in [-0.2, 0) is 4.79 Å². The molecule has 3 heteroatoms. The third kappa shape index (κ3) is 3.25.